The summed E-state index contributed by atoms with van der Waals surface area (Å²) in [6.07, 6.45) is -34.9. The minimum Gasteiger partial charge on any atom is -0.759 e. The number of nitrogens with two attached hydrogens (primary N) is 10. The molecule has 2 aliphatic carbocycles. The molecule has 52 nitrogen and oxygen atoms in total. The minimum atomic E-state index is -5.17. The van der Waals surface area contributed by atoms with Crippen molar-refractivity contribution in [1.82, 2.24) is 0 Å². The molecule has 42 N–H and O–H groups in total. The fraction of sp³-hybridized carbons (Fsp3) is 0.905. The molecule has 0 radical (unpaired) electrons. The molecule has 0 spiro atoms. The van der Waals surface area contributed by atoms with Crippen molar-refractivity contribution in [2.45, 2.75) is 182 Å². The maximum absolute atomic E-state index is 11.3. The van der Waals surface area contributed by atoms with Gasteiger partial charge in [0.15, 0.2) is 24.7 Å². The summed E-state index contributed by atoms with van der Waals surface area (Å²) in [6.45, 7) is -5.15. The van der Waals surface area contributed by atoms with Gasteiger partial charge in [0, 0.05) is 31.2 Å². The molecule has 6 fully saturated rings. The number of ether oxygens (including phenoxy) is 8. The van der Waals surface area contributed by atoms with Crippen LogP contribution >= 0.6 is 0 Å². The molecule has 0 aromatic heterocycles. The molecule has 4 heterocycles. The van der Waals surface area contributed by atoms with E-state index in [4.69, 9.17) is 136 Å². The van der Waals surface area contributed by atoms with Gasteiger partial charge in [-0.1, -0.05) is 0 Å². The van der Waals surface area contributed by atoms with Gasteiger partial charge in [-0.05, 0) is 0 Å². The molecule has 0 bridgehead atoms. The van der Waals surface area contributed by atoms with Crippen LogP contribution in [0.25, 0.3) is 0 Å². The Balaban J connectivity index is 0.000000544. The lowest BCUT2D eigenvalue weighted by molar-refractivity contribution is -0.696. The number of aliphatic hydroxyl groups is 18. The van der Waals surface area contributed by atoms with Gasteiger partial charge >= 0.3 is 23.8 Å². The number of likely N-dealkylation sites (N-methyl/N-ethyl adjacent to an activating group) is 2. The van der Waals surface area contributed by atoms with E-state index in [1.165, 1.54) is 24.7 Å². The van der Waals surface area contributed by atoms with E-state index in [0.717, 1.165) is 0 Å². The van der Waals surface area contributed by atoms with Crippen LogP contribution < -0.4 is 76.5 Å². The zero-order valence-electron chi connectivity index (χ0n) is 50.6. The lowest BCUT2D eigenvalue weighted by Gasteiger charge is -2.44. The number of hydrogen-bond donors (Lipinski definition) is 32. The molecular formula is C42H88N14O38S3. The van der Waals surface area contributed by atoms with Gasteiger partial charge in [-0.25, -0.2) is 0 Å². The third kappa shape index (κ3) is 24.4. The summed E-state index contributed by atoms with van der Waals surface area (Å²) in [5.41, 5.74) is 39.4. The second-order valence-electron chi connectivity index (χ2n) is 21.9. The van der Waals surface area contributed by atoms with Crippen LogP contribution in [0, 0.1) is 0 Å². The molecule has 6 aliphatic rings. The molecule has 0 aromatic carbocycles. The Bertz CT molecular complexity index is 2660. The Labute approximate surface area is 548 Å². The van der Waals surface area contributed by atoms with Crippen molar-refractivity contribution in [1.29, 1.82) is 0 Å². The van der Waals surface area contributed by atoms with Crippen molar-refractivity contribution < 1.29 is 213 Å². The van der Waals surface area contributed by atoms with Crippen LogP contribution in [0.1, 0.15) is 0 Å². The van der Waals surface area contributed by atoms with Gasteiger partial charge < -0.3 is 168 Å². The average Bonchev–Trinajstić information content (AvgIpc) is 1.68. The Hall–Kier alpha value is -4.43. The van der Waals surface area contributed by atoms with Crippen LogP contribution in [-0.4, -0.2) is 405 Å². The molecule has 0 aromatic rings. The lowest BCUT2D eigenvalue weighted by Crippen LogP contribution is -2.99. The Morgan fingerprint density at radius 1 is 0.392 bits per heavy atom. The lowest BCUT2D eigenvalue weighted by atomic mass is 9.81. The number of hydrogen-bond acceptors (Lipinski definition) is 38. The second kappa shape index (κ2) is 37.5. The predicted molar refractivity (Wildman–Crippen MR) is 294 cm³/mol. The Morgan fingerprint density at radius 3 is 0.866 bits per heavy atom. The van der Waals surface area contributed by atoms with Gasteiger partial charge in [-0.3, -0.25) is 91.1 Å². The third-order valence-corrected chi connectivity index (χ3v) is 15.4. The van der Waals surface area contributed by atoms with Crippen molar-refractivity contribution in [2.75, 3.05) is 53.7 Å². The van der Waals surface area contributed by atoms with Gasteiger partial charge in [-0.15, -0.1) is 0 Å². The van der Waals surface area contributed by atoms with E-state index in [2.05, 4.69) is 20.0 Å². The summed E-state index contributed by atoms with van der Waals surface area (Å²) in [4.78, 5) is 9.93. The molecule has 0 amide bonds. The number of quaternary nitrogens is 2. The SMILES string of the molecule is C[NH2+]C1C(OC2C(OC3C(O)C(O)C([NH+]=C(N)N)C(O)C3[NH+]=C(N)N)OC(CO)C2(O)CO)OC(CO)C(O)C1O.C[NH2+]C1C(OC2C(OC3C(O)C(O)C([NH+]=C(N)N)C(O)C3[NH+]=C(N)N)OC(CO)C2(O)CO)OC(CO)C(O)C1O.O=S(=O)([O-])[O-].O=S(=O)([O-])[O-].O=S(=O)([O-])[O-]. The van der Waals surface area contributed by atoms with Crippen molar-refractivity contribution in [3.63, 3.8) is 0 Å². The largest absolute Gasteiger partial charge is 0.759 e. The summed E-state index contributed by atoms with van der Waals surface area (Å²) in [5, 5.41) is 192. The average molecular weight is 1490 g/mol. The Morgan fingerprint density at radius 2 is 0.649 bits per heavy atom. The first-order valence-corrected chi connectivity index (χ1v) is 31.8. The van der Waals surface area contributed by atoms with Crippen LogP contribution in [0.15, 0.2) is 0 Å². The highest BCUT2D eigenvalue weighted by atomic mass is 32.3. The third-order valence-electron chi connectivity index (χ3n) is 15.4. The second-order valence-corrected chi connectivity index (χ2v) is 24.3. The quantitative estimate of drug-likeness (QED) is 0.0233. The van der Waals surface area contributed by atoms with Crippen LogP contribution in [0.2, 0.25) is 0 Å². The maximum atomic E-state index is 11.3. The highest BCUT2D eigenvalue weighted by Crippen LogP contribution is 2.40. The standard InChI is InChI=1S/2C21H41N7O13.3H2O4S/c2*1-26-9-13(35)10(32)5(2-29)38-17(9)41-16-18(39-6(3-30)21(16,37)4-31)40-15-8(28-20(24)25)11(33)7(27-19(22)23)12(34)14(15)36;3*1-5(2,3)4/h2*5-18,26,29-37H,2-4H2,1H3,(H4,22,23,27)(H4,24,25,28);3*(H2,1,2,3,4). The van der Waals surface area contributed by atoms with E-state index in [-0.39, 0.29) is 11.9 Å². The molecule has 30 atom stereocenters. The van der Waals surface area contributed by atoms with Gasteiger partial charge in [0.1, 0.15) is 145 Å². The van der Waals surface area contributed by atoms with Crippen LogP contribution in [0.5, 0.6) is 0 Å². The summed E-state index contributed by atoms with van der Waals surface area (Å²) in [5.74, 6) is -1.57. The van der Waals surface area contributed by atoms with E-state index >= 15 is 0 Å². The minimum absolute atomic E-state index is 0.377. The molecule has 4 saturated heterocycles. The van der Waals surface area contributed by atoms with E-state index in [9.17, 15) is 91.9 Å². The summed E-state index contributed by atoms with van der Waals surface area (Å²) >= 11 is 0. The van der Waals surface area contributed by atoms with Gasteiger partial charge in [-0.2, -0.15) is 0 Å². The first-order valence-electron chi connectivity index (χ1n) is 27.8. The molecule has 2 saturated carbocycles. The maximum Gasteiger partial charge on any atom is 0.339 e. The highest BCUT2D eigenvalue weighted by molar-refractivity contribution is 7.80. The zero-order valence-corrected chi connectivity index (χ0v) is 53.1. The number of rotatable bonds is 20. The molecular weight excluding hydrogens is 1400 g/mol. The van der Waals surface area contributed by atoms with E-state index in [1.807, 2.05) is 0 Å². The first-order chi connectivity index (χ1) is 44.5. The summed E-state index contributed by atoms with van der Waals surface area (Å²) in [7, 11) is -12.4. The van der Waals surface area contributed by atoms with Gasteiger partial charge in [0.2, 0.25) is 12.6 Å². The number of nitrogens with one attached hydrogen (secondary N) is 4. The van der Waals surface area contributed by atoms with E-state index in [0.29, 0.717) is 0 Å². The molecule has 6 rings (SSSR count). The normalized spacial score (nSPS) is 41.3. The van der Waals surface area contributed by atoms with Crippen molar-refractivity contribution in [3.8, 4) is 0 Å². The molecule has 97 heavy (non-hydrogen) atoms. The van der Waals surface area contributed by atoms with Crippen LogP contribution in [0.3, 0.4) is 0 Å². The Kier molecular flexibility index (Phi) is 34.3. The fourth-order valence-corrected chi connectivity index (χ4v) is 10.9. The topological polar surface area (TPSA) is 976 Å². The molecule has 30 unspecified atom stereocenters. The number of aliphatic hydroxyl groups excluding tert-OH is 16. The predicted octanol–water partition coefficient (Wildman–Crippen LogP) is -32.5. The van der Waals surface area contributed by atoms with Gasteiger partial charge in [0.05, 0.1) is 53.7 Å². The van der Waals surface area contributed by atoms with Crippen LogP contribution in [-0.2, 0) is 69.1 Å². The van der Waals surface area contributed by atoms with E-state index < -0.39 is 265 Å². The van der Waals surface area contributed by atoms with Crippen LogP contribution in [0.4, 0.5) is 0 Å². The zero-order chi connectivity index (χ0) is 75.1. The molecule has 4 aliphatic heterocycles. The smallest absolute Gasteiger partial charge is 0.339 e. The fourth-order valence-electron chi connectivity index (χ4n) is 10.9. The van der Waals surface area contributed by atoms with Crippen molar-refractivity contribution in [3.05, 3.63) is 0 Å². The number of guanidine groups is 4. The summed E-state index contributed by atoms with van der Waals surface area (Å²) < 4.78 is 148. The first kappa shape index (κ1) is 88.7. The molecule has 572 valence electrons. The van der Waals surface area contributed by atoms with Gasteiger partial charge in [0.25, 0.3) is 0 Å². The molecule has 55 heteroatoms. The van der Waals surface area contributed by atoms with E-state index in [1.54, 1.807) is 0 Å². The summed E-state index contributed by atoms with van der Waals surface area (Å²) in [6, 6.07) is -7.43. The highest BCUT2D eigenvalue weighted by Gasteiger charge is 2.64. The monoisotopic (exact) mass is 1490 g/mol. The van der Waals surface area contributed by atoms with Crippen molar-refractivity contribution in [2.24, 2.45) is 45.9 Å². The van der Waals surface area contributed by atoms with Crippen molar-refractivity contribution >= 4 is 55.0 Å².